The van der Waals surface area contributed by atoms with Gasteiger partial charge < -0.3 is 10.1 Å². The molecule has 2 rings (SSSR count). The second-order valence-corrected chi connectivity index (χ2v) is 4.54. The van der Waals surface area contributed by atoms with E-state index in [1.807, 2.05) is 6.07 Å². The van der Waals surface area contributed by atoms with Crippen LogP contribution in [-0.4, -0.2) is 24.2 Å². The number of nitrogens with zero attached hydrogens (tertiary/aromatic N) is 1. The molecule has 16 heavy (non-hydrogen) atoms. The molecule has 1 fully saturated rings. The summed E-state index contributed by atoms with van der Waals surface area (Å²) < 4.78 is 5.65. The van der Waals surface area contributed by atoms with E-state index in [1.54, 1.807) is 12.3 Å². The van der Waals surface area contributed by atoms with Crippen molar-refractivity contribution in [1.29, 1.82) is 0 Å². The number of rotatable bonds is 4. The predicted octanol–water partition coefficient (Wildman–Crippen LogP) is 2.39. The summed E-state index contributed by atoms with van der Waals surface area (Å²) in [4.78, 5) is 4.01. The molecule has 1 N–H and O–H groups in total. The summed E-state index contributed by atoms with van der Waals surface area (Å²) in [5.74, 6) is 0. The van der Waals surface area contributed by atoms with Crippen molar-refractivity contribution in [3.8, 4) is 0 Å². The Morgan fingerprint density at radius 3 is 3.06 bits per heavy atom. The van der Waals surface area contributed by atoms with Gasteiger partial charge in [0.25, 0.3) is 0 Å². The summed E-state index contributed by atoms with van der Waals surface area (Å²) in [6.45, 7) is 2.52. The normalized spacial score (nSPS) is 20.9. The van der Waals surface area contributed by atoms with Gasteiger partial charge >= 0.3 is 0 Å². The van der Waals surface area contributed by atoms with E-state index in [0.29, 0.717) is 17.8 Å². The number of halogens is 1. The molecule has 2 heterocycles. The van der Waals surface area contributed by atoms with Gasteiger partial charge in [-0.3, -0.25) is 0 Å². The Hall–Kier alpha value is -0.640. The van der Waals surface area contributed by atoms with Gasteiger partial charge in [0.15, 0.2) is 0 Å². The van der Waals surface area contributed by atoms with Gasteiger partial charge in [-0.1, -0.05) is 24.1 Å². The highest BCUT2D eigenvalue weighted by molar-refractivity contribution is 6.29. The van der Waals surface area contributed by atoms with Gasteiger partial charge in [0.05, 0.1) is 13.2 Å². The standard InChI is InChI=1S/C12H17ClN2O/c13-12-5-4-10(7-15-12)8-16-9-11-3-1-2-6-14-11/h4-5,7,11,14H,1-3,6,8-9H2/t11-/m1/s1. The molecule has 1 aliphatic heterocycles. The number of hydrogen-bond acceptors (Lipinski definition) is 3. The molecule has 3 nitrogen and oxygen atoms in total. The van der Waals surface area contributed by atoms with E-state index >= 15 is 0 Å². The van der Waals surface area contributed by atoms with Crippen LogP contribution in [-0.2, 0) is 11.3 Å². The molecule has 0 aromatic carbocycles. The van der Waals surface area contributed by atoms with E-state index in [1.165, 1.54) is 19.3 Å². The molecular formula is C12H17ClN2O. The fourth-order valence-corrected chi connectivity index (χ4v) is 1.99. The minimum Gasteiger partial charge on any atom is -0.375 e. The van der Waals surface area contributed by atoms with E-state index in [9.17, 15) is 0 Å². The molecule has 0 bridgehead atoms. The van der Waals surface area contributed by atoms with Crippen molar-refractivity contribution in [1.82, 2.24) is 10.3 Å². The van der Waals surface area contributed by atoms with Crippen LogP contribution in [0.4, 0.5) is 0 Å². The summed E-state index contributed by atoms with van der Waals surface area (Å²) in [6, 6.07) is 4.26. The quantitative estimate of drug-likeness (QED) is 0.821. The van der Waals surface area contributed by atoms with Crippen LogP contribution < -0.4 is 5.32 Å². The summed E-state index contributed by atoms with van der Waals surface area (Å²) in [6.07, 6.45) is 5.58. The van der Waals surface area contributed by atoms with Crippen LogP contribution in [0.15, 0.2) is 18.3 Å². The fraction of sp³-hybridized carbons (Fsp3) is 0.583. The second kappa shape index (κ2) is 6.18. The van der Waals surface area contributed by atoms with Crippen LogP contribution in [0.3, 0.4) is 0 Å². The largest absolute Gasteiger partial charge is 0.375 e. The molecule has 0 radical (unpaired) electrons. The molecule has 1 aromatic rings. The average Bonchev–Trinajstić information content (AvgIpc) is 2.33. The average molecular weight is 241 g/mol. The number of nitrogens with one attached hydrogen (secondary N) is 1. The van der Waals surface area contributed by atoms with Crippen molar-refractivity contribution in [2.45, 2.75) is 31.9 Å². The van der Waals surface area contributed by atoms with E-state index in [2.05, 4.69) is 10.3 Å². The lowest BCUT2D eigenvalue weighted by atomic mass is 10.1. The Kier molecular flexibility index (Phi) is 4.57. The van der Waals surface area contributed by atoms with Crippen LogP contribution in [0.2, 0.25) is 5.15 Å². The zero-order valence-corrected chi connectivity index (χ0v) is 10.0. The summed E-state index contributed by atoms with van der Waals surface area (Å²) in [5.41, 5.74) is 1.07. The highest BCUT2D eigenvalue weighted by Crippen LogP contribution is 2.09. The lowest BCUT2D eigenvalue weighted by Crippen LogP contribution is -2.37. The van der Waals surface area contributed by atoms with Crippen molar-refractivity contribution in [3.63, 3.8) is 0 Å². The molecule has 1 atom stereocenters. The minimum absolute atomic E-state index is 0.522. The summed E-state index contributed by atoms with van der Waals surface area (Å²) >= 11 is 5.71. The third-order valence-corrected chi connectivity index (χ3v) is 3.01. The summed E-state index contributed by atoms with van der Waals surface area (Å²) in [5, 5.41) is 3.98. The molecule has 0 unspecified atom stereocenters. The van der Waals surface area contributed by atoms with Crippen LogP contribution in [0, 0.1) is 0 Å². The lowest BCUT2D eigenvalue weighted by molar-refractivity contribution is 0.0910. The maximum absolute atomic E-state index is 5.71. The lowest BCUT2D eigenvalue weighted by Gasteiger charge is -2.23. The highest BCUT2D eigenvalue weighted by atomic mass is 35.5. The first-order chi connectivity index (χ1) is 7.84. The van der Waals surface area contributed by atoms with Gasteiger partial charge in [-0.15, -0.1) is 0 Å². The van der Waals surface area contributed by atoms with Gasteiger partial charge in [-0.25, -0.2) is 4.98 Å². The third kappa shape index (κ3) is 3.74. The molecule has 0 saturated carbocycles. The maximum Gasteiger partial charge on any atom is 0.129 e. The molecule has 0 spiro atoms. The van der Waals surface area contributed by atoms with E-state index in [-0.39, 0.29) is 0 Å². The van der Waals surface area contributed by atoms with E-state index in [0.717, 1.165) is 18.7 Å². The molecule has 88 valence electrons. The fourth-order valence-electron chi connectivity index (χ4n) is 1.88. The molecule has 1 aliphatic rings. The minimum atomic E-state index is 0.522. The molecule has 0 aliphatic carbocycles. The Balaban J connectivity index is 1.69. The van der Waals surface area contributed by atoms with Crippen molar-refractivity contribution in [3.05, 3.63) is 29.0 Å². The summed E-state index contributed by atoms with van der Waals surface area (Å²) in [7, 11) is 0. The second-order valence-electron chi connectivity index (χ2n) is 4.15. The molecule has 0 amide bonds. The Morgan fingerprint density at radius 1 is 1.44 bits per heavy atom. The Morgan fingerprint density at radius 2 is 2.38 bits per heavy atom. The number of piperidine rings is 1. The van der Waals surface area contributed by atoms with Crippen LogP contribution >= 0.6 is 11.6 Å². The monoisotopic (exact) mass is 240 g/mol. The number of ether oxygens (including phenoxy) is 1. The zero-order valence-electron chi connectivity index (χ0n) is 9.29. The van der Waals surface area contributed by atoms with Gasteiger partial charge in [0.1, 0.15) is 5.15 Å². The Labute approximate surface area is 101 Å². The van der Waals surface area contributed by atoms with Crippen molar-refractivity contribution >= 4 is 11.6 Å². The van der Waals surface area contributed by atoms with Crippen LogP contribution in [0.25, 0.3) is 0 Å². The van der Waals surface area contributed by atoms with Gasteiger partial charge in [0, 0.05) is 12.2 Å². The number of pyridine rings is 1. The molecule has 4 heteroatoms. The van der Waals surface area contributed by atoms with Gasteiger partial charge in [-0.05, 0) is 31.0 Å². The van der Waals surface area contributed by atoms with Crippen molar-refractivity contribution in [2.75, 3.05) is 13.2 Å². The molecular weight excluding hydrogens is 224 g/mol. The van der Waals surface area contributed by atoms with Crippen molar-refractivity contribution in [2.24, 2.45) is 0 Å². The van der Waals surface area contributed by atoms with Crippen LogP contribution in [0.5, 0.6) is 0 Å². The number of aromatic nitrogens is 1. The van der Waals surface area contributed by atoms with E-state index in [4.69, 9.17) is 16.3 Å². The molecule has 1 saturated heterocycles. The topological polar surface area (TPSA) is 34.1 Å². The van der Waals surface area contributed by atoms with E-state index < -0.39 is 0 Å². The predicted molar refractivity (Wildman–Crippen MR) is 64.5 cm³/mol. The first-order valence-electron chi connectivity index (χ1n) is 5.76. The first-order valence-corrected chi connectivity index (χ1v) is 6.14. The highest BCUT2D eigenvalue weighted by Gasteiger charge is 2.11. The van der Waals surface area contributed by atoms with Crippen LogP contribution in [0.1, 0.15) is 24.8 Å². The first kappa shape index (κ1) is 11.8. The number of hydrogen-bond donors (Lipinski definition) is 1. The van der Waals surface area contributed by atoms with Gasteiger partial charge in [0.2, 0.25) is 0 Å². The zero-order chi connectivity index (χ0) is 11.2. The van der Waals surface area contributed by atoms with Gasteiger partial charge in [-0.2, -0.15) is 0 Å². The van der Waals surface area contributed by atoms with Crippen molar-refractivity contribution < 1.29 is 4.74 Å². The Bertz CT molecular complexity index is 309. The maximum atomic E-state index is 5.71. The molecule has 1 aromatic heterocycles. The smallest absolute Gasteiger partial charge is 0.129 e. The SMILES string of the molecule is Clc1ccc(COC[C@H]2CCCCN2)cn1. The third-order valence-electron chi connectivity index (χ3n) is 2.79.